The van der Waals surface area contributed by atoms with Crippen molar-refractivity contribution in [3.8, 4) is 5.75 Å². The summed E-state index contributed by atoms with van der Waals surface area (Å²) >= 11 is 0. The third kappa shape index (κ3) is 3.53. The number of hydrogen-bond acceptors (Lipinski definition) is 4. The largest absolute Gasteiger partial charge is 0.493 e. The molecule has 2 aromatic rings. The number of para-hydroxylation sites is 1. The van der Waals surface area contributed by atoms with Gasteiger partial charge >= 0.3 is 0 Å². The normalized spacial score (nSPS) is 12.1. The SMILES string of the molecule is OC(CCOc1ccccc1)c1ncccn1. The van der Waals surface area contributed by atoms with Gasteiger partial charge in [0.1, 0.15) is 11.9 Å². The Labute approximate surface area is 99.9 Å². The Balaban J connectivity index is 1.79. The fourth-order valence-corrected chi connectivity index (χ4v) is 1.42. The van der Waals surface area contributed by atoms with E-state index in [0.29, 0.717) is 18.9 Å². The summed E-state index contributed by atoms with van der Waals surface area (Å²) in [6.07, 6.45) is 3.02. The highest BCUT2D eigenvalue weighted by molar-refractivity contribution is 5.20. The van der Waals surface area contributed by atoms with Gasteiger partial charge in [-0.05, 0) is 18.2 Å². The minimum absolute atomic E-state index is 0.434. The van der Waals surface area contributed by atoms with Gasteiger partial charge in [-0.3, -0.25) is 0 Å². The maximum absolute atomic E-state index is 9.79. The summed E-state index contributed by atoms with van der Waals surface area (Å²) in [6, 6.07) is 11.2. The molecule has 2 rings (SSSR count). The van der Waals surface area contributed by atoms with E-state index in [9.17, 15) is 5.11 Å². The number of benzene rings is 1. The first-order valence-corrected chi connectivity index (χ1v) is 5.49. The van der Waals surface area contributed by atoms with Crippen molar-refractivity contribution in [1.82, 2.24) is 9.97 Å². The fourth-order valence-electron chi connectivity index (χ4n) is 1.42. The third-order valence-electron chi connectivity index (χ3n) is 2.29. The molecule has 0 amide bonds. The van der Waals surface area contributed by atoms with Gasteiger partial charge in [0.2, 0.25) is 0 Å². The van der Waals surface area contributed by atoms with Crippen molar-refractivity contribution < 1.29 is 9.84 Å². The van der Waals surface area contributed by atoms with E-state index in [4.69, 9.17) is 4.74 Å². The van der Waals surface area contributed by atoms with Crippen LogP contribution in [-0.4, -0.2) is 21.7 Å². The van der Waals surface area contributed by atoms with Gasteiger partial charge in [0.05, 0.1) is 6.61 Å². The van der Waals surface area contributed by atoms with Crippen molar-refractivity contribution in [3.05, 3.63) is 54.6 Å². The van der Waals surface area contributed by atoms with Gasteiger partial charge in [-0.2, -0.15) is 0 Å². The molecule has 4 heteroatoms. The zero-order valence-electron chi connectivity index (χ0n) is 9.36. The lowest BCUT2D eigenvalue weighted by atomic mass is 10.2. The zero-order chi connectivity index (χ0) is 11.9. The van der Waals surface area contributed by atoms with Gasteiger partial charge in [-0.15, -0.1) is 0 Å². The Morgan fingerprint density at radius 1 is 1.06 bits per heavy atom. The molecule has 0 saturated heterocycles. The second-order valence-corrected chi connectivity index (χ2v) is 3.57. The van der Waals surface area contributed by atoms with Gasteiger partial charge < -0.3 is 9.84 Å². The quantitative estimate of drug-likeness (QED) is 0.853. The number of nitrogens with zero attached hydrogens (tertiary/aromatic N) is 2. The summed E-state index contributed by atoms with van der Waals surface area (Å²) in [6.45, 7) is 0.434. The first kappa shape index (κ1) is 11.5. The van der Waals surface area contributed by atoms with E-state index < -0.39 is 6.10 Å². The first-order chi connectivity index (χ1) is 8.36. The molecule has 1 atom stereocenters. The van der Waals surface area contributed by atoms with Crippen LogP contribution in [0.3, 0.4) is 0 Å². The molecular weight excluding hydrogens is 216 g/mol. The van der Waals surface area contributed by atoms with E-state index in [0.717, 1.165) is 5.75 Å². The average molecular weight is 230 g/mol. The molecule has 0 aliphatic heterocycles. The number of aromatic nitrogens is 2. The van der Waals surface area contributed by atoms with Crippen molar-refractivity contribution in [2.45, 2.75) is 12.5 Å². The Morgan fingerprint density at radius 2 is 1.76 bits per heavy atom. The summed E-state index contributed by atoms with van der Waals surface area (Å²) in [5.74, 6) is 1.23. The fraction of sp³-hybridized carbons (Fsp3) is 0.231. The van der Waals surface area contributed by atoms with Gasteiger partial charge in [-0.25, -0.2) is 9.97 Å². The molecule has 17 heavy (non-hydrogen) atoms. The second kappa shape index (κ2) is 5.96. The molecule has 0 radical (unpaired) electrons. The topological polar surface area (TPSA) is 55.2 Å². The third-order valence-corrected chi connectivity index (χ3v) is 2.29. The van der Waals surface area contributed by atoms with E-state index in [1.54, 1.807) is 18.5 Å². The van der Waals surface area contributed by atoms with E-state index >= 15 is 0 Å². The molecule has 0 aliphatic carbocycles. The molecule has 0 fully saturated rings. The van der Waals surface area contributed by atoms with Crippen molar-refractivity contribution in [3.63, 3.8) is 0 Å². The smallest absolute Gasteiger partial charge is 0.156 e. The number of rotatable bonds is 5. The van der Waals surface area contributed by atoms with Crippen LogP contribution in [0.5, 0.6) is 5.75 Å². The van der Waals surface area contributed by atoms with Crippen LogP contribution in [0.25, 0.3) is 0 Å². The molecule has 0 spiro atoms. The predicted octanol–water partition coefficient (Wildman–Crippen LogP) is 1.98. The molecule has 0 saturated carbocycles. The molecule has 1 aromatic heterocycles. The first-order valence-electron chi connectivity index (χ1n) is 5.49. The molecule has 0 bridgehead atoms. The van der Waals surface area contributed by atoms with Crippen molar-refractivity contribution in [1.29, 1.82) is 0 Å². The van der Waals surface area contributed by atoms with Crippen LogP contribution >= 0.6 is 0 Å². The van der Waals surface area contributed by atoms with Gasteiger partial charge in [-0.1, -0.05) is 18.2 Å². The van der Waals surface area contributed by atoms with Crippen LogP contribution in [0, 0.1) is 0 Å². The van der Waals surface area contributed by atoms with E-state index in [-0.39, 0.29) is 0 Å². The summed E-state index contributed by atoms with van der Waals surface area (Å²) in [5, 5.41) is 9.79. The standard InChI is InChI=1S/C13H14N2O2/c16-12(13-14-8-4-9-15-13)7-10-17-11-5-2-1-3-6-11/h1-6,8-9,12,16H,7,10H2. The molecule has 1 N–H and O–H groups in total. The van der Waals surface area contributed by atoms with Crippen molar-refractivity contribution in [2.75, 3.05) is 6.61 Å². The second-order valence-electron chi connectivity index (χ2n) is 3.57. The average Bonchev–Trinajstić information content (AvgIpc) is 2.41. The highest BCUT2D eigenvalue weighted by atomic mass is 16.5. The summed E-state index contributed by atoms with van der Waals surface area (Å²) < 4.78 is 5.48. The van der Waals surface area contributed by atoms with Crippen molar-refractivity contribution in [2.24, 2.45) is 0 Å². The number of hydrogen-bond donors (Lipinski definition) is 1. The Hall–Kier alpha value is -1.94. The molecule has 1 unspecified atom stereocenters. The van der Waals surface area contributed by atoms with E-state index in [1.807, 2.05) is 30.3 Å². The monoisotopic (exact) mass is 230 g/mol. The maximum atomic E-state index is 9.79. The van der Waals surface area contributed by atoms with Crippen LogP contribution in [0.2, 0.25) is 0 Å². The Kier molecular flexibility index (Phi) is 4.05. The van der Waals surface area contributed by atoms with E-state index in [2.05, 4.69) is 9.97 Å². The van der Waals surface area contributed by atoms with Crippen LogP contribution in [0.4, 0.5) is 0 Å². The molecule has 88 valence electrons. The molecular formula is C13H14N2O2. The predicted molar refractivity (Wildman–Crippen MR) is 63.5 cm³/mol. The number of ether oxygens (including phenoxy) is 1. The molecule has 1 aromatic carbocycles. The summed E-state index contributed by atoms with van der Waals surface area (Å²) in [5.41, 5.74) is 0. The Morgan fingerprint density at radius 3 is 2.47 bits per heavy atom. The lowest BCUT2D eigenvalue weighted by Gasteiger charge is -2.10. The minimum Gasteiger partial charge on any atom is -0.493 e. The minimum atomic E-state index is -0.681. The van der Waals surface area contributed by atoms with Gasteiger partial charge in [0.15, 0.2) is 5.82 Å². The molecule has 0 aliphatic rings. The zero-order valence-corrected chi connectivity index (χ0v) is 9.36. The molecule has 4 nitrogen and oxygen atoms in total. The number of aliphatic hydroxyl groups excluding tert-OH is 1. The Bertz CT molecular complexity index is 434. The lowest BCUT2D eigenvalue weighted by Crippen LogP contribution is -2.08. The van der Waals surface area contributed by atoms with Crippen LogP contribution in [-0.2, 0) is 0 Å². The van der Waals surface area contributed by atoms with Gasteiger partial charge in [0.25, 0.3) is 0 Å². The maximum Gasteiger partial charge on any atom is 0.156 e. The van der Waals surface area contributed by atoms with E-state index in [1.165, 1.54) is 0 Å². The van der Waals surface area contributed by atoms with Crippen LogP contribution in [0.1, 0.15) is 18.3 Å². The van der Waals surface area contributed by atoms with Crippen LogP contribution in [0.15, 0.2) is 48.8 Å². The van der Waals surface area contributed by atoms with Gasteiger partial charge in [0, 0.05) is 18.8 Å². The lowest BCUT2D eigenvalue weighted by molar-refractivity contribution is 0.132. The van der Waals surface area contributed by atoms with Crippen LogP contribution < -0.4 is 4.74 Å². The van der Waals surface area contributed by atoms with Crippen molar-refractivity contribution >= 4 is 0 Å². The summed E-state index contributed by atoms with van der Waals surface area (Å²) in [7, 11) is 0. The summed E-state index contributed by atoms with van der Waals surface area (Å²) in [4.78, 5) is 7.98. The molecule has 1 heterocycles. The highest BCUT2D eigenvalue weighted by Gasteiger charge is 2.09. The highest BCUT2D eigenvalue weighted by Crippen LogP contribution is 2.13. The number of aliphatic hydroxyl groups is 1.